The number of aromatic hydroxyl groups is 1. The number of hydrogen-bond donors (Lipinski definition) is 1. The van der Waals surface area contributed by atoms with Gasteiger partial charge in [-0.2, -0.15) is 4.98 Å². The Morgan fingerprint density at radius 2 is 1.96 bits per heavy atom. The maximum Gasteiger partial charge on any atom is 0.257 e. The van der Waals surface area contributed by atoms with Crippen molar-refractivity contribution in [1.82, 2.24) is 19.9 Å². The zero-order valence-electron chi connectivity index (χ0n) is 15.5. The first-order chi connectivity index (χ1) is 13.7. The molecule has 0 spiro atoms. The Hall–Kier alpha value is -2.71. The van der Waals surface area contributed by atoms with Crippen LogP contribution in [0.25, 0.3) is 10.7 Å². The molecule has 1 fully saturated rings. The van der Waals surface area contributed by atoms with E-state index in [9.17, 15) is 9.90 Å². The van der Waals surface area contributed by atoms with Crippen molar-refractivity contribution in [3.8, 4) is 16.5 Å². The number of phenolic OH excluding ortho intramolecular Hbond substituents is 1. The third kappa shape index (κ3) is 4.23. The highest BCUT2D eigenvalue weighted by atomic mass is 32.1. The monoisotopic (exact) mass is 398 g/mol. The number of benzene rings is 1. The summed E-state index contributed by atoms with van der Waals surface area (Å²) in [7, 11) is 0. The van der Waals surface area contributed by atoms with Crippen molar-refractivity contribution < 1.29 is 14.4 Å². The van der Waals surface area contributed by atoms with E-state index in [1.54, 1.807) is 40.5 Å². The number of para-hydroxylation sites is 1. The van der Waals surface area contributed by atoms with E-state index in [2.05, 4.69) is 15.0 Å². The molecule has 0 aliphatic carbocycles. The number of nitrogens with zero attached hydrogens (tertiary/aromatic N) is 4. The number of piperazine rings is 1. The van der Waals surface area contributed by atoms with Crippen LogP contribution in [-0.2, 0) is 6.42 Å². The summed E-state index contributed by atoms with van der Waals surface area (Å²) < 4.78 is 5.34. The molecule has 0 unspecified atom stereocenters. The number of thiophene rings is 1. The summed E-state index contributed by atoms with van der Waals surface area (Å²) >= 11 is 1.60. The molecule has 0 saturated carbocycles. The summed E-state index contributed by atoms with van der Waals surface area (Å²) in [4.78, 5) is 22.2. The van der Waals surface area contributed by atoms with Crippen molar-refractivity contribution in [2.45, 2.75) is 12.8 Å². The van der Waals surface area contributed by atoms with E-state index in [4.69, 9.17) is 4.52 Å². The van der Waals surface area contributed by atoms with Gasteiger partial charge in [0.15, 0.2) is 0 Å². The molecule has 4 rings (SSSR count). The van der Waals surface area contributed by atoms with Crippen LogP contribution < -0.4 is 0 Å². The standard InChI is InChI=1S/C20H22N4O3S/c25-16-6-2-1-5-15(16)20(26)24-12-10-23(11-13-24)9-3-8-18-21-19(22-27-18)17-7-4-14-28-17/h1-2,4-7,14,25H,3,8-13H2. The number of carbonyl (C=O) groups is 1. The Labute approximate surface area is 167 Å². The number of rotatable bonds is 6. The molecule has 2 aromatic heterocycles. The van der Waals surface area contributed by atoms with Gasteiger partial charge in [-0.25, -0.2) is 0 Å². The van der Waals surface area contributed by atoms with Crippen LogP contribution in [-0.4, -0.2) is 63.7 Å². The highest BCUT2D eigenvalue weighted by molar-refractivity contribution is 7.13. The van der Waals surface area contributed by atoms with Crippen LogP contribution in [0.1, 0.15) is 22.7 Å². The number of carbonyl (C=O) groups excluding carboxylic acids is 1. The fourth-order valence-electron chi connectivity index (χ4n) is 3.32. The first-order valence-corrected chi connectivity index (χ1v) is 10.2. The Morgan fingerprint density at radius 3 is 2.71 bits per heavy atom. The van der Waals surface area contributed by atoms with Gasteiger partial charge in [0.25, 0.3) is 5.91 Å². The summed E-state index contributed by atoms with van der Waals surface area (Å²) in [5.74, 6) is 1.25. The van der Waals surface area contributed by atoms with Gasteiger partial charge < -0.3 is 14.5 Å². The Bertz CT molecular complexity index is 917. The number of phenols is 1. The molecule has 1 aliphatic heterocycles. The average molecular weight is 398 g/mol. The lowest BCUT2D eigenvalue weighted by Crippen LogP contribution is -2.48. The zero-order chi connectivity index (χ0) is 19.3. The Balaban J connectivity index is 1.22. The molecule has 0 radical (unpaired) electrons. The first-order valence-electron chi connectivity index (χ1n) is 9.37. The van der Waals surface area contributed by atoms with Crippen molar-refractivity contribution in [3.05, 3.63) is 53.2 Å². The molecule has 28 heavy (non-hydrogen) atoms. The predicted molar refractivity (Wildman–Crippen MR) is 106 cm³/mol. The molecule has 1 aromatic carbocycles. The van der Waals surface area contributed by atoms with Crippen molar-refractivity contribution in [1.29, 1.82) is 0 Å². The van der Waals surface area contributed by atoms with Crippen LogP contribution in [0.15, 0.2) is 46.3 Å². The molecule has 0 atom stereocenters. The molecule has 146 valence electrons. The average Bonchev–Trinajstić information content (AvgIpc) is 3.40. The molecule has 1 amide bonds. The normalized spacial score (nSPS) is 15.1. The summed E-state index contributed by atoms with van der Waals surface area (Å²) in [6.45, 7) is 3.90. The van der Waals surface area contributed by atoms with Crippen molar-refractivity contribution in [3.63, 3.8) is 0 Å². The second-order valence-electron chi connectivity index (χ2n) is 6.74. The van der Waals surface area contributed by atoms with Gasteiger partial charge in [0.1, 0.15) is 5.75 Å². The topological polar surface area (TPSA) is 82.7 Å². The minimum Gasteiger partial charge on any atom is -0.507 e. The largest absolute Gasteiger partial charge is 0.507 e. The van der Waals surface area contributed by atoms with Crippen molar-refractivity contribution in [2.75, 3.05) is 32.7 Å². The maximum absolute atomic E-state index is 12.5. The first kappa shape index (κ1) is 18.6. The van der Waals surface area contributed by atoms with E-state index < -0.39 is 0 Å². The molecule has 8 heteroatoms. The van der Waals surface area contributed by atoms with E-state index in [-0.39, 0.29) is 11.7 Å². The van der Waals surface area contributed by atoms with Gasteiger partial charge in [-0.05, 0) is 36.5 Å². The predicted octanol–water partition coefficient (Wildman–Crippen LogP) is 2.89. The molecule has 0 bridgehead atoms. The van der Waals surface area contributed by atoms with E-state index in [0.717, 1.165) is 37.4 Å². The van der Waals surface area contributed by atoms with E-state index in [1.165, 1.54) is 0 Å². The van der Waals surface area contributed by atoms with E-state index >= 15 is 0 Å². The van der Waals surface area contributed by atoms with Gasteiger partial charge in [0, 0.05) is 32.6 Å². The molecule has 1 N–H and O–H groups in total. The molecule has 1 saturated heterocycles. The lowest BCUT2D eigenvalue weighted by Gasteiger charge is -2.34. The number of hydrogen-bond acceptors (Lipinski definition) is 7. The maximum atomic E-state index is 12.5. The van der Waals surface area contributed by atoms with Gasteiger partial charge in [-0.15, -0.1) is 11.3 Å². The quantitative estimate of drug-likeness (QED) is 0.687. The SMILES string of the molecule is O=C(c1ccccc1O)N1CCN(CCCc2nc(-c3cccs3)no2)CC1. The second kappa shape index (κ2) is 8.53. The summed E-state index contributed by atoms with van der Waals surface area (Å²) in [5, 5.41) is 15.9. The third-order valence-electron chi connectivity index (χ3n) is 4.87. The van der Waals surface area contributed by atoms with Crippen LogP contribution in [0.4, 0.5) is 0 Å². The van der Waals surface area contributed by atoms with Gasteiger partial charge in [0.2, 0.25) is 11.7 Å². The van der Waals surface area contributed by atoms with Crippen LogP contribution in [0.2, 0.25) is 0 Å². The zero-order valence-corrected chi connectivity index (χ0v) is 16.3. The molecule has 1 aliphatic rings. The molecular weight excluding hydrogens is 376 g/mol. The third-order valence-corrected chi connectivity index (χ3v) is 5.73. The van der Waals surface area contributed by atoms with E-state index in [0.29, 0.717) is 30.4 Å². The molecular formula is C20H22N4O3S. The molecule has 3 aromatic rings. The Kier molecular flexibility index (Phi) is 5.68. The highest BCUT2D eigenvalue weighted by Gasteiger charge is 2.23. The van der Waals surface area contributed by atoms with Crippen molar-refractivity contribution >= 4 is 17.2 Å². The van der Waals surface area contributed by atoms with Crippen LogP contribution >= 0.6 is 11.3 Å². The number of aromatic nitrogens is 2. The summed E-state index contributed by atoms with van der Waals surface area (Å²) in [6, 6.07) is 10.7. The fourth-order valence-corrected chi connectivity index (χ4v) is 3.96. The summed E-state index contributed by atoms with van der Waals surface area (Å²) in [5.41, 5.74) is 0.369. The van der Waals surface area contributed by atoms with Crippen LogP contribution in [0.5, 0.6) is 5.75 Å². The van der Waals surface area contributed by atoms with Gasteiger partial charge in [-0.3, -0.25) is 9.69 Å². The smallest absolute Gasteiger partial charge is 0.257 e. The van der Waals surface area contributed by atoms with Crippen molar-refractivity contribution in [2.24, 2.45) is 0 Å². The second-order valence-corrected chi connectivity index (χ2v) is 7.69. The Morgan fingerprint density at radius 1 is 1.14 bits per heavy atom. The lowest BCUT2D eigenvalue weighted by molar-refractivity contribution is 0.0632. The molecule has 3 heterocycles. The number of amides is 1. The van der Waals surface area contributed by atoms with Crippen LogP contribution in [0.3, 0.4) is 0 Å². The summed E-state index contributed by atoms with van der Waals surface area (Å²) in [6.07, 6.45) is 1.68. The van der Waals surface area contributed by atoms with Gasteiger partial charge in [-0.1, -0.05) is 23.4 Å². The minimum atomic E-state index is -0.107. The van der Waals surface area contributed by atoms with E-state index in [1.807, 2.05) is 17.5 Å². The van der Waals surface area contributed by atoms with Gasteiger partial charge >= 0.3 is 0 Å². The molecule has 7 nitrogen and oxygen atoms in total. The van der Waals surface area contributed by atoms with Gasteiger partial charge in [0.05, 0.1) is 10.4 Å². The highest BCUT2D eigenvalue weighted by Crippen LogP contribution is 2.22. The minimum absolute atomic E-state index is 0.0383. The fraction of sp³-hybridized carbons (Fsp3) is 0.350. The van der Waals surface area contributed by atoms with Crippen LogP contribution in [0, 0.1) is 0 Å². The number of aryl methyl sites for hydroxylation is 1. The lowest BCUT2D eigenvalue weighted by atomic mass is 10.1.